The largest absolute Gasteiger partial charge is 0.380 e. The van der Waals surface area contributed by atoms with E-state index in [0.29, 0.717) is 52.9 Å². The lowest BCUT2D eigenvalue weighted by atomic mass is 9.92. The summed E-state index contributed by atoms with van der Waals surface area (Å²) in [7, 11) is 0. The molecule has 0 aromatic carbocycles. The molecular formula is C20H40O4. The third-order valence-corrected chi connectivity index (χ3v) is 3.94. The molecule has 0 unspecified atom stereocenters. The van der Waals surface area contributed by atoms with Gasteiger partial charge >= 0.3 is 0 Å². The average molecular weight is 345 g/mol. The molecule has 144 valence electrons. The van der Waals surface area contributed by atoms with Gasteiger partial charge in [0.2, 0.25) is 0 Å². The molecular weight excluding hydrogens is 304 g/mol. The first-order chi connectivity index (χ1) is 10.8. The van der Waals surface area contributed by atoms with Crippen molar-refractivity contribution in [2.24, 2.45) is 21.7 Å². The van der Waals surface area contributed by atoms with Crippen molar-refractivity contribution in [1.82, 2.24) is 0 Å². The van der Waals surface area contributed by atoms with Crippen molar-refractivity contribution < 1.29 is 18.9 Å². The van der Waals surface area contributed by atoms with Crippen LogP contribution in [0.25, 0.3) is 0 Å². The quantitative estimate of drug-likeness (QED) is 0.661. The summed E-state index contributed by atoms with van der Waals surface area (Å²) in [5.41, 5.74) is 0.0275. The molecule has 4 nitrogen and oxygen atoms in total. The molecule has 1 rings (SSSR count). The number of hydrogen-bond acceptors (Lipinski definition) is 4. The van der Waals surface area contributed by atoms with Gasteiger partial charge in [-0.25, -0.2) is 0 Å². The maximum atomic E-state index is 5.98. The van der Waals surface area contributed by atoms with E-state index in [1.807, 2.05) is 0 Å². The number of hydrogen-bond donors (Lipinski definition) is 0. The van der Waals surface area contributed by atoms with Crippen LogP contribution in [0.5, 0.6) is 0 Å². The van der Waals surface area contributed by atoms with Crippen LogP contribution in [0.15, 0.2) is 0 Å². The zero-order chi connectivity index (χ0) is 18.5. The van der Waals surface area contributed by atoms with Gasteiger partial charge in [-0.3, -0.25) is 0 Å². The molecule has 0 spiro atoms. The van der Waals surface area contributed by atoms with E-state index in [9.17, 15) is 0 Å². The highest BCUT2D eigenvalue weighted by atomic mass is 16.5. The highest BCUT2D eigenvalue weighted by Crippen LogP contribution is 2.25. The highest BCUT2D eigenvalue weighted by molar-refractivity contribution is 4.75. The van der Waals surface area contributed by atoms with E-state index in [1.165, 1.54) is 0 Å². The van der Waals surface area contributed by atoms with E-state index in [0.717, 1.165) is 0 Å². The Morgan fingerprint density at radius 3 is 0.583 bits per heavy atom. The molecule has 1 aliphatic rings. The predicted molar refractivity (Wildman–Crippen MR) is 98.4 cm³/mol. The van der Waals surface area contributed by atoms with Crippen molar-refractivity contribution in [3.05, 3.63) is 0 Å². The third kappa shape index (κ3) is 9.36. The molecule has 0 bridgehead atoms. The fraction of sp³-hybridized carbons (Fsp3) is 1.00. The Morgan fingerprint density at radius 1 is 0.333 bits per heavy atom. The number of rotatable bonds is 0. The van der Waals surface area contributed by atoms with Crippen LogP contribution in [-0.4, -0.2) is 52.9 Å². The average Bonchev–Trinajstić information content (AvgIpc) is 2.35. The minimum Gasteiger partial charge on any atom is -0.380 e. The predicted octanol–water partition coefficient (Wildman–Crippen LogP) is 4.17. The summed E-state index contributed by atoms with van der Waals surface area (Å²) in [6.07, 6.45) is 0. The Kier molecular flexibility index (Phi) is 7.73. The lowest BCUT2D eigenvalue weighted by Crippen LogP contribution is -2.36. The maximum Gasteiger partial charge on any atom is 0.0539 e. The molecule has 0 aromatic rings. The first-order valence-electron chi connectivity index (χ1n) is 9.14. The SMILES string of the molecule is CC1(C)COCC(C)(C)COCC(C)(C)COCC(C)(C)COC1. The van der Waals surface area contributed by atoms with Gasteiger partial charge < -0.3 is 18.9 Å². The van der Waals surface area contributed by atoms with Crippen molar-refractivity contribution in [2.75, 3.05) is 52.9 Å². The van der Waals surface area contributed by atoms with Gasteiger partial charge in [0, 0.05) is 21.7 Å². The lowest BCUT2D eigenvalue weighted by Gasteiger charge is -2.33. The molecule has 0 atom stereocenters. The topological polar surface area (TPSA) is 36.9 Å². The van der Waals surface area contributed by atoms with Gasteiger partial charge in [-0.1, -0.05) is 55.4 Å². The summed E-state index contributed by atoms with van der Waals surface area (Å²) < 4.78 is 23.9. The summed E-state index contributed by atoms with van der Waals surface area (Å²) in [5.74, 6) is 0. The van der Waals surface area contributed by atoms with Gasteiger partial charge in [0.1, 0.15) is 0 Å². The Balaban J connectivity index is 2.68. The maximum absolute atomic E-state index is 5.98. The van der Waals surface area contributed by atoms with E-state index in [-0.39, 0.29) is 21.7 Å². The van der Waals surface area contributed by atoms with Crippen LogP contribution in [0, 0.1) is 21.7 Å². The number of ether oxygens (including phenoxy) is 4. The van der Waals surface area contributed by atoms with Crippen LogP contribution < -0.4 is 0 Å². The van der Waals surface area contributed by atoms with Crippen LogP contribution in [0.4, 0.5) is 0 Å². The Morgan fingerprint density at radius 2 is 0.458 bits per heavy atom. The lowest BCUT2D eigenvalue weighted by molar-refractivity contribution is -0.0892. The minimum atomic E-state index is 0.00688. The molecule has 0 saturated carbocycles. The van der Waals surface area contributed by atoms with Gasteiger partial charge in [0.15, 0.2) is 0 Å². The van der Waals surface area contributed by atoms with Crippen LogP contribution >= 0.6 is 0 Å². The van der Waals surface area contributed by atoms with Crippen LogP contribution in [0.1, 0.15) is 55.4 Å². The molecule has 0 aromatic heterocycles. The fourth-order valence-electron chi connectivity index (χ4n) is 2.58. The summed E-state index contributed by atoms with van der Waals surface area (Å²) in [4.78, 5) is 0. The van der Waals surface area contributed by atoms with Crippen molar-refractivity contribution in [2.45, 2.75) is 55.4 Å². The van der Waals surface area contributed by atoms with E-state index in [4.69, 9.17) is 18.9 Å². The standard InChI is InChI=1S/C20H40O4/c1-17(2)9-21-11-18(3,4)13-23-15-20(7,8)16-24-14-19(5,6)12-22-10-17/h9-16H2,1-8H3. The Labute approximate surface area is 149 Å². The van der Waals surface area contributed by atoms with Gasteiger partial charge in [-0.2, -0.15) is 0 Å². The van der Waals surface area contributed by atoms with E-state index < -0.39 is 0 Å². The van der Waals surface area contributed by atoms with E-state index in [1.54, 1.807) is 0 Å². The zero-order valence-electron chi connectivity index (χ0n) is 17.3. The van der Waals surface area contributed by atoms with Gasteiger partial charge in [0.05, 0.1) is 52.9 Å². The first kappa shape index (κ1) is 21.9. The highest BCUT2D eigenvalue weighted by Gasteiger charge is 2.28. The minimum absolute atomic E-state index is 0.00688. The van der Waals surface area contributed by atoms with Gasteiger partial charge in [-0.15, -0.1) is 0 Å². The van der Waals surface area contributed by atoms with Crippen molar-refractivity contribution >= 4 is 0 Å². The summed E-state index contributed by atoms with van der Waals surface area (Å²) in [6, 6.07) is 0. The van der Waals surface area contributed by atoms with Crippen molar-refractivity contribution in [3.8, 4) is 0 Å². The van der Waals surface area contributed by atoms with Gasteiger partial charge in [0.25, 0.3) is 0 Å². The van der Waals surface area contributed by atoms with Crippen molar-refractivity contribution in [3.63, 3.8) is 0 Å². The smallest absolute Gasteiger partial charge is 0.0539 e. The molecule has 0 radical (unpaired) electrons. The van der Waals surface area contributed by atoms with Gasteiger partial charge in [-0.05, 0) is 0 Å². The van der Waals surface area contributed by atoms with E-state index in [2.05, 4.69) is 55.4 Å². The normalized spacial score (nSPS) is 29.0. The van der Waals surface area contributed by atoms with Crippen LogP contribution in [-0.2, 0) is 18.9 Å². The second-order valence-corrected chi connectivity index (χ2v) is 10.6. The summed E-state index contributed by atoms with van der Waals surface area (Å²) >= 11 is 0. The fourth-order valence-corrected chi connectivity index (χ4v) is 2.58. The first-order valence-corrected chi connectivity index (χ1v) is 9.14. The Hall–Kier alpha value is -0.160. The second kappa shape index (κ2) is 8.48. The summed E-state index contributed by atoms with van der Waals surface area (Å²) in [5, 5.41) is 0. The molecule has 0 aliphatic carbocycles. The van der Waals surface area contributed by atoms with Crippen LogP contribution in [0.3, 0.4) is 0 Å². The monoisotopic (exact) mass is 344 g/mol. The molecule has 24 heavy (non-hydrogen) atoms. The Bertz CT molecular complexity index is 276. The van der Waals surface area contributed by atoms with Crippen molar-refractivity contribution in [1.29, 1.82) is 0 Å². The molecule has 1 fully saturated rings. The molecule has 0 amide bonds. The van der Waals surface area contributed by atoms with Crippen LogP contribution in [0.2, 0.25) is 0 Å². The summed E-state index contributed by atoms with van der Waals surface area (Å²) in [6.45, 7) is 23.0. The zero-order valence-corrected chi connectivity index (χ0v) is 17.3. The molecule has 0 N–H and O–H groups in total. The second-order valence-electron chi connectivity index (χ2n) is 10.6. The molecule has 1 heterocycles. The third-order valence-electron chi connectivity index (χ3n) is 3.94. The van der Waals surface area contributed by atoms with E-state index >= 15 is 0 Å². The molecule has 4 heteroatoms. The molecule has 1 saturated heterocycles. The molecule has 1 aliphatic heterocycles.